The second-order valence-corrected chi connectivity index (χ2v) is 6.01. The van der Waals surface area contributed by atoms with Crippen LogP contribution in [0.3, 0.4) is 0 Å². The lowest BCUT2D eigenvalue weighted by Gasteiger charge is -2.35. The zero-order valence-corrected chi connectivity index (χ0v) is 14.5. The smallest absolute Gasteiger partial charge is 0.317 e. The van der Waals surface area contributed by atoms with Crippen molar-refractivity contribution in [1.82, 2.24) is 15.2 Å². The van der Waals surface area contributed by atoms with E-state index in [-0.39, 0.29) is 6.03 Å². The molecule has 0 bridgehead atoms. The van der Waals surface area contributed by atoms with Crippen molar-refractivity contribution in [2.75, 3.05) is 44.2 Å². The number of aryl methyl sites for hydroxylation is 1. The summed E-state index contributed by atoms with van der Waals surface area (Å²) < 4.78 is 5.70. The van der Waals surface area contributed by atoms with Gasteiger partial charge >= 0.3 is 6.03 Å². The first-order valence-corrected chi connectivity index (χ1v) is 8.61. The summed E-state index contributed by atoms with van der Waals surface area (Å²) >= 11 is 0. The Bertz CT molecular complexity index is 685. The van der Waals surface area contributed by atoms with Crippen LogP contribution >= 0.6 is 0 Å². The molecule has 0 aliphatic carbocycles. The highest BCUT2D eigenvalue weighted by atomic mass is 16.5. The molecule has 1 aliphatic heterocycles. The topological polar surface area (TPSA) is 57.7 Å². The molecule has 1 N–H and O–H groups in total. The van der Waals surface area contributed by atoms with Crippen LogP contribution in [0.25, 0.3) is 0 Å². The summed E-state index contributed by atoms with van der Waals surface area (Å²) in [5, 5.41) is 2.92. The summed E-state index contributed by atoms with van der Waals surface area (Å²) in [5.74, 6) is 1.83. The van der Waals surface area contributed by atoms with Gasteiger partial charge in [0.25, 0.3) is 0 Å². The molecule has 0 atom stereocenters. The molecule has 25 heavy (non-hydrogen) atoms. The van der Waals surface area contributed by atoms with Gasteiger partial charge in [-0.05, 0) is 30.7 Å². The minimum atomic E-state index is -0.0333. The van der Waals surface area contributed by atoms with Crippen LogP contribution in [0.5, 0.6) is 5.75 Å². The number of benzene rings is 1. The summed E-state index contributed by atoms with van der Waals surface area (Å²) in [7, 11) is 0. The molecule has 6 heteroatoms. The van der Waals surface area contributed by atoms with E-state index in [1.807, 2.05) is 54.3 Å². The average molecular weight is 340 g/mol. The second-order valence-electron chi connectivity index (χ2n) is 6.01. The highest BCUT2D eigenvalue weighted by Gasteiger charge is 2.21. The van der Waals surface area contributed by atoms with E-state index < -0.39 is 0 Å². The van der Waals surface area contributed by atoms with E-state index in [0.717, 1.165) is 30.2 Å². The Labute approximate surface area is 148 Å². The van der Waals surface area contributed by atoms with E-state index in [1.165, 1.54) is 0 Å². The standard InChI is InChI=1S/C19H24N4O2/c1-16-6-2-3-7-17(16)25-15-10-21-19(24)23-13-11-22(12-14-23)18-8-4-5-9-20-18/h2-9H,10-15H2,1H3,(H,21,24). The maximum atomic E-state index is 12.2. The first-order valence-electron chi connectivity index (χ1n) is 8.61. The molecule has 2 amide bonds. The molecular weight excluding hydrogens is 316 g/mol. The molecular formula is C19H24N4O2. The number of amides is 2. The molecule has 0 spiro atoms. The molecule has 1 aromatic carbocycles. The van der Waals surface area contributed by atoms with Crippen LogP contribution in [0.2, 0.25) is 0 Å². The minimum Gasteiger partial charge on any atom is -0.491 e. The fourth-order valence-corrected chi connectivity index (χ4v) is 2.83. The van der Waals surface area contributed by atoms with Gasteiger partial charge in [-0.15, -0.1) is 0 Å². The summed E-state index contributed by atoms with van der Waals surface area (Å²) in [6, 6.07) is 13.7. The van der Waals surface area contributed by atoms with E-state index in [1.54, 1.807) is 6.20 Å². The number of nitrogens with zero attached hydrogens (tertiary/aromatic N) is 3. The largest absolute Gasteiger partial charge is 0.491 e. The Morgan fingerprint density at radius 2 is 1.88 bits per heavy atom. The van der Waals surface area contributed by atoms with Crippen molar-refractivity contribution in [2.45, 2.75) is 6.92 Å². The number of carbonyl (C=O) groups is 1. The van der Waals surface area contributed by atoms with Crippen molar-refractivity contribution in [2.24, 2.45) is 0 Å². The van der Waals surface area contributed by atoms with Crippen molar-refractivity contribution in [1.29, 1.82) is 0 Å². The molecule has 0 radical (unpaired) electrons. The molecule has 1 fully saturated rings. The third kappa shape index (κ3) is 4.62. The number of piperazine rings is 1. The third-order valence-electron chi connectivity index (χ3n) is 4.27. The molecule has 2 aromatic rings. The quantitative estimate of drug-likeness (QED) is 0.849. The second kappa shape index (κ2) is 8.37. The summed E-state index contributed by atoms with van der Waals surface area (Å²) in [5.41, 5.74) is 1.10. The first-order chi connectivity index (χ1) is 12.2. The van der Waals surface area contributed by atoms with Gasteiger partial charge in [0.1, 0.15) is 18.2 Å². The molecule has 1 aliphatic rings. The van der Waals surface area contributed by atoms with E-state index >= 15 is 0 Å². The Morgan fingerprint density at radius 3 is 2.60 bits per heavy atom. The van der Waals surface area contributed by atoms with Crippen LogP contribution in [-0.4, -0.2) is 55.2 Å². The number of anilines is 1. The molecule has 3 rings (SSSR count). The number of ether oxygens (including phenoxy) is 1. The van der Waals surface area contributed by atoms with Gasteiger partial charge in [-0.2, -0.15) is 0 Å². The summed E-state index contributed by atoms with van der Waals surface area (Å²) in [4.78, 5) is 20.6. The van der Waals surface area contributed by atoms with Gasteiger partial charge in [-0.25, -0.2) is 9.78 Å². The lowest BCUT2D eigenvalue weighted by Crippen LogP contribution is -2.52. The number of carbonyl (C=O) groups excluding carboxylic acids is 1. The maximum absolute atomic E-state index is 12.2. The number of hydrogen-bond acceptors (Lipinski definition) is 4. The first kappa shape index (κ1) is 17.1. The van der Waals surface area contributed by atoms with Crippen LogP contribution in [0.1, 0.15) is 5.56 Å². The van der Waals surface area contributed by atoms with Crippen molar-refractivity contribution in [3.8, 4) is 5.75 Å². The zero-order valence-electron chi connectivity index (χ0n) is 14.5. The minimum absolute atomic E-state index is 0.0333. The molecule has 2 heterocycles. The summed E-state index contributed by atoms with van der Waals surface area (Å²) in [6.07, 6.45) is 1.79. The molecule has 0 saturated carbocycles. The van der Waals surface area contributed by atoms with E-state index in [9.17, 15) is 4.79 Å². The fourth-order valence-electron chi connectivity index (χ4n) is 2.83. The third-order valence-corrected chi connectivity index (χ3v) is 4.27. The Kier molecular flexibility index (Phi) is 5.72. The zero-order chi connectivity index (χ0) is 17.5. The number of rotatable bonds is 5. The Morgan fingerprint density at radius 1 is 1.12 bits per heavy atom. The van der Waals surface area contributed by atoms with Crippen molar-refractivity contribution >= 4 is 11.8 Å². The maximum Gasteiger partial charge on any atom is 0.317 e. The SMILES string of the molecule is Cc1ccccc1OCCNC(=O)N1CCN(c2ccccn2)CC1. The lowest BCUT2D eigenvalue weighted by atomic mass is 10.2. The Balaban J connectivity index is 1.37. The van der Waals surface area contributed by atoms with Crippen LogP contribution in [0.15, 0.2) is 48.7 Å². The van der Waals surface area contributed by atoms with Gasteiger partial charge in [-0.1, -0.05) is 24.3 Å². The highest BCUT2D eigenvalue weighted by molar-refractivity contribution is 5.74. The Hall–Kier alpha value is -2.76. The van der Waals surface area contributed by atoms with Crippen LogP contribution in [0, 0.1) is 6.92 Å². The predicted molar refractivity (Wildman–Crippen MR) is 98.1 cm³/mol. The van der Waals surface area contributed by atoms with Gasteiger partial charge < -0.3 is 19.9 Å². The van der Waals surface area contributed by atoms with Gasteiger partial charge in [0.15, 0.2) is 0 Å². The predicted octanol–water partition coefficient (Wildman–Crippen LogP) is 2.30. The highest BCUT2D eigenvalue weighted by Crippen LogP contribution is 2.15. The number of aromatic nitrogens is 1. The van der Waals surface area contributed by atoms with Crippen LogP contribution in [0.4, 0.5) is 10.6 Å². The fraction of sp³-hybridized carbons (Fsp3) is 0.368. The van der Waals surface area contributed by atoms with Gasteiger partial charge in [0.2, 0.25) is 0 Å². The van der Waals surface area contributed by atoms with Gasteiger partial charge in [0, 0.05) is 32.4 Å². The van der Waals surface area contributed by atoms with Gasteiger partial charge in [-0.3, -0.25) is 0 Å². The molecule has 132 valence electrons. The molecule has 1 aromatic heterocycles. The lowest BCUT2D eigenvalue weighted by molar-refractivity contribution is 0.191. The summed E-state index contributed by atoms with van der Waals surface area (Å²) in [6.45, 7) is 5.95. The number of pyridine rings is 1. The number of hydrogen-bond donors (Lipinski definition) is 1. The van der Waals surface area contributed by atoms with Crippen molar-refractivity contribution < 1.29 is 9.53 Å². The number of urea groups is 1. The van der Waals surface area contributed by atoms with Crippen molar-refractivity contribution in [3.63, 3.8) is 0 Å². The number of para-hydroxylation sites is 1. The molecule has 1 saturated heterocycles. The van der Waals surface area contributed by atoms with Crippen LogP contribution < -0.4 is 15.0 Å². The number of nitrogens with one attached hydrogen (secondary N) is 1. The normalized spacial score (nSPS) is 14.3. The van der Waals surface area contributed by atoms with Gasteiger partial charge in [0.05, 0.1) is 6.54 Å². The monoisotopic (exact) mass is 340 g/mol. The molecule has 0 unspecified atom stereocenters. The van der Waals surface area contributed by atoms with Crippen LogP contribution in [-0.2, 0) is 0 Å². The van der Waals surface area contributed by atoms with Crippen molar-refractivity contribution in [3.05, 3.63) is 54.2 Å². The van der Waals surface area contributed by atoms with E-state index in [0.29, 0.717) is 26.2 Å². The van der Waals surface area contributed by atoms with E-state index in [4.69, 9.17) is 4.74 Å². The van der Waals surface area contributed by atoms with E-state index in [2.05, 4.69) is 15.2 Å². The average Bonchev–Trinajstić information content (AvgIpc) is 2.67. The molecule has 6 nitrogen and oxygen atoms in total.